The van der Waals surface area contributed by atoms with Gasteiger partial charge in [-0.15, -0.1) is 0 Å². The van der Waals surface area contributed by atoms with Crippen LogP contribution in [-0.2, 0) is 17.8 Å². The van der Waals surface area contributed by atoms with Crippen LogP contribution in [0.15, 0.2) is 30.6 Å². The molecular formula is C19H24ClN7O2. The standard InChI is InChI=1S/C19H24ClN7O2/c1-26(2)18-24-16(21)15-17(25-18)27(12-23-15)9-3-4-10-29-19(28)22-11-13-5-7-14(20)8-6-13/h5-8,12H,3-4,9-11H2,1-2H3,(H,22,28)(H2,21,24,25). The fourth-order valence-corrected chi connectivity index (χ4v) is 2.82. The van der Waals surface area contributed by atoms with Crippen molar-refractivity contribution < 1.29 is 9.53 Å². The van der Waals surface area contributed by atoms with Gasteiger partial charge in [0, 0.05) is 32.2 Å². The molecule has 0 fully saturated rings. The summed E-state index contributed by atoms with van der Waals surface area (Å²) in [4.78, 5) is 26.6. The van der Waals surface area contributed by atoms with E-state index in [1.54, 1.807) is 23.4 Å². The molecule has 0 bridgehead atoms. The minimum absolute atomic E-state index is 0.332. The third kappa shape index (κ3) is 5.47. The molecule has 3 aromatic rings. The monoisotopic (exact) mass is 417 g/mol. The molecule has 0 aliphatic rings. The Balaban J connectivity index is 1.42. The molecule has 3 N–H and O–H groups in total. The summed E-state index contributed by atoms with van der Waals surface area (Å²) in [6, 6.07) is 7.28. The summed E-state index contributed by atoms with van der Waals surface area (Å²) in [7, 11) is 3.72. The minimum Gasteiger partial charge on any atom is -0.450 e. The fraction of sp³-hybridized carbons (Fsp3) is 0.368. The quantitative estimate of drug-likeness (QED) is 0.542. The van der Waals surface area contributed by atoms with Gasteiger partial charge in [0.25, 0.3) is 0 Å². The second kappa shape index (κ2) is 9.42. The number of nitrogens with one attached hydrogen (secondary N) is 1. The van der Waals surface area contributed by atoms with Crippen LogP contribution in [-0.4, -0.2) is 46.3 Å². The lowest BCUT2D eigenvalue weighted by Gasteiger charge is -2.11. The fourth-order valence-electron chi connectivity index (χ4n) is 2.69. The van der Waals surface area contributed by atoms with E-state index in [0.29, 0.717) is 47.6 Å². The highest BCUT2D eigenvalue weighted by molar-refractivity contribution is 6.30. The molecule has 1 amide bonds. The van der Waals surface area contributed by atoms with Crippen LogP contribution in [0.4, 0.5) is 16.6 Å². The molecule has 1 aromatic carbocycles. The van der Waals surface area contributed by atoms with Gasteiger partial charge in [0.15, 0.2) is 11.5 Å². The predicted octanol–water partition coefficient (Wildman–Crippen LogP) is 2.83. The predicted molar refractivity (Wildman–Crippen MR) is 113 cm³/mol. The summed E-state index contributed by atoms with van der Waals surface area (Å²) in [6.45, 7) is 1.42. The van der Waals surface area contributed by atoms with Crippen LogP contribution >= 0.6 is 11.6 Å². The van der Waals surface area contributed by atoms with Gasteiger partial charge >= 0.3 is 6.09 Å². The number of unbranched alkanes of at least 4 members (excludes halogenated alkanes) is 1. The van der Waals surface area contributed by atoms with Crippen molar-refractivity contribution in [1.29, 1.82) is 0 Å². The highest BCUT2D eigenvalue weighted by Gasteiger charge is 2.12. The van der Waals surface area contributed by atoms with Gasteiger partial charge in [-0.1, -0.05) is 23.7 Å². The largest absolute Gasteiger partial charge is 0.450 e. The maximum Gasteiger partial charge on any atom is 0.407 e. The first-order valence-corrected chi connectivity index (χ1v) is 9.62. The van der Waals surface area contributed by atoms with E-state index in [4.69, 9.17) is 22.1 Å². The number of nitrogens with zero attached hydrogens (tertiary/aromatic N) is 5. The molecule has 0 radical (unpaired) electrons. The number of hydrogen-bond donors (Lipinski definition) is 2. The average Bonchev–Trinajstić information content (AvgIpc) is 3.11. The summed E-state index contributed by atoms with van der Waals surface area (Å²) >= 11 is 5.84. The molecule has 9 nitrogen and oxygen atoms in total. The van der Waals surface area contributed by atoms with Crippen molar-refractivity contribution in [3.63, 3.8) is 0 Å². The van der Waals surface area contributed by atoms with Gasteiger partial charge in [-0.3, -0.25) is 0 Å². The van der Waals surface area contributed by atoms with E-state index in [0.717, 1.165) is 18.4 Å². The first-order chi connectivity index (χ1) is 13.9. The van der Waals surface area contributed by atoms with Gasteiger partial charge in [0.1, 0.15) is 5.52 Å². The van der Waals surface area contributed by atoms with Crippen LogP contribution < -0.4 is 16.0 Å². The molecule has 0 atom stereocenters. The van der Waals surface area contributed by atoms with E-state index in [1.165, 1.54) is 0 Å². The number of carbonyl (C=O) groups is 1. The Morgan fingerprint density at radius 2 is 2.00 bits per heavy atom. The average molecular weight is 418 g/mol. The molecule has 3 rings (SSSR count). The van der Waals surface area contributed by atoms with Crippen LogP contribution in [0, 0.1) is 0 Å². The van der Waals surface area contributed by atoms with Crippen molar-refractivity contribution in [2.75, 3.05) is 31.3 Å². The number of nitrogen functional groups attached to an aromatic ring is 1. The Labute approximate surface area is 173 Å². The smallest absolute Gasteiger partial charge is 0.407 e. The van der Waals surface area contributed by atoms with Crippen molar-refractivity contribution in [3.8, 4) is 0 Å². The number of ether oxygens (including phenoxy) is 1. The topological polar surface area (TPSA) is 111 Å². The molecule has 2 heterocycles. The van der Waals surface area contributed by atoms with Crippen molar-refractivity contribution in [2.45, 2.75) is 25.9 Å². The van der Waals surface area contributed by atoms with Gasteiger partial charge in [0.05, 0.1) is 12.9 Å². The molecular weight excluding hydrogens is 394 g/mol. The maximum atomic E-state index is 11.8. The van der Waals surface area contributed by atoms with Crippen LogP contribution in [0.2, 0.25) is 5.02 Å². The number of imidazole rings is 1. The number of hydrogen-bond acceptors (Lipinski definition) is 7. The third-order valence-electron chi connectivity index (χ3n) is 4.26. The number of halogens is 1. The van der Waals surface area contributed by atoms with E-state index in [1.807, 2.05) is 30.8 Å². The molecule has 29 heavy (non-hydrogen) atoms. The number of benzene rings is 1. The summed E-state index contributed by atoms with van der Waals surface area (Å²) in [5.74, 6) is 0.899. The Hall–Kier alpha value is -3.07. The number of aryl methyl sites for hydroxylation is 1. The number of alkyl carbamates (subject to hydrolysis) is 1. The van der Waals surface area contributed by atoms with Gasteiger partial charge in [-0.05, 0) is 30.5 Å². The zero-order valence-corrected chi connectivity index (χ0v) is 17.2. The molecule has 0 aliphatic carbocycles. The van der Waals surface area contributed by atoms with Gasteiger partial charge < -0.3 is 25.3 Å². The number of rotatable bonds is 8. The molecule has 154 valence electrons. The zero-order valence-electron chi connectivity index (χ0n) is 16.4. The summed E-state index contributed by atoms with van der Waals surface area (Å²) < 4.78 is 7.14. The Morgan fingerprint density at radius 1 is 1.24 bits per heavy atom. The number of carbonyl (C=O) groups excluding carboxylic acids is 1. The first-order valence-electron chi connectivity index (χ1n) is 9.25. The van der Waals surface area contributed by atoms with Crippen molar-refractivity contribution in [2.24, 2.45) is 0 Å². The highest BCUT2D eigenvalue weighted by atomic mass is 35.5. The van der Waals surface area contributed by atoms with Gasteiger partial charge in [0.2, 0.25) is 5.95 Å². The Bertz CT molecular complexity index is 973. The van der Waals surface area contributed by atoms with E-state index in [2.05, 4.69) is 20.3 Å². The second-order valence-corrected chi connectivity index (χ2v) is 7.17. The van der Waals surface area contributed by atoms with Crippen molar-refractivity contribution in [1.82, 2.24) is 24.8 Å². The molecule has 0 spiro atoms. The number of aromatic nitrogens is 4. The van der Waals surface area contributed by atoms with Crippen LogP contribution in [0.5, 0.6) is 0 Å². The Kier molecular flexibility index (Phi) is 6.71. The molecule has 10 heteroatoms. The van der Waals surface area contributed by atoms with Crippen molar-refractivity contribution in [3.05, 3.63) is 41.2 Å². The second-order valence-electron chi connectivity index (χ2n) is 6.74. The zero-order chi connectivity index (χ0) is 20.8. The number of anilines is 2. The van der Waals surface area contributed by atoms with E-state index in [-0.39, 0.29) is 0 Å². The molecule has 0 unspecified atom stereocenters. The third-order valence-corrected chi connectivity index (χ3v) is 4.51. The maximum absolute atomic E-state index is 11.8. The molecule has 2 aromatic heterocycles. The number of amides is 1. The van der Waals surface area contributed by atoms with Crippen LogP contribution in [0.3, 0.4) is 0 Å². The van der Waals surface area contributed by atoms with Crippen LogP contribution in [0.25, 0.3) is 11.2 Å². The normalized spacial score (nSPS) is 10.9. The highest BCUT2D eigenvalue weighted by Crippen LogP contribution is 2.19. The van der Waals surface area contributed by atoms with E-state index >= 15 is 0 Å². The molecule has 0 aliphatic heterocycles. The lowest BCUT2D eigenvalue weighted by atomic mass is 10.2. The van der Waals surface area contributed by atoms with E-state index in [9.17, 15) is 4.79 Å². The molecule has 0 saturated carbocycles. The lowest BCUT2D eigenvalue weighted by Crippen LogP contribution is -2.24. The van der Waals surface area contributed by atoms with Crippen LogP contribution in [0.1, 0.15) is 18.4 Å². The summed E-state index contributed by atoms with van der Waals surface area (Å²) in [5.41, 5.74) is 8.21. The summed E-state index contributed by atoms with van der Waals surface area (Å²) in [5, 5.41) is 3.38. The number of fused-ring (bicyclic) bond motifs is 1. The van der Waals surface area contributed by atoms with Gasteiger partial charge in [-0.25, -0.2) is 9.78 Å². The van der Waals surface area contributed by atoms with Crippen molar-refractivity contribution >= 4 is 40.6 Å². The summed E-state index contributed by atoms with van der Waals surface area (Å²) in [6.07, 6.45) is 2.78. The number of nitrogens with two attached hydrogens (primary N) is 1. The molecule has 0 saturated heterocycles. The van der Waals surface area contributed by atoms with Gasteiger partial charge in [-0.2, -0.15) is 9.97 Å². The SMILES string of the molecule is CN(C)c1nc(N)c2ncn(CCCCOC(=O)NCc3ccc(Cl)cc3)c2n1. The Morgan fingerprint density at radius 3 is 2.72 bits per heavy atom. The lowest BCUT2D eigenvalue weighted by molar-refractivity contribution is 0.143. The van der Waals surface area contributed by atoms with E-state index < -0.39 is 6.09 Å². The minimum atomic E-state index is -0.441. The first kappa shape index (κ1) is 20.7.